The summed E-state index contributed by atoms with van der Waals surface area (Å²) in [5.74, 6) is 1.70. The fourth-order valence-corrected chi connectivity index (χ4v) is 2.91. The molecule has 0 saturated heterocycles. The fourth-order valence-electron chi connectivity index (χ4n) is 2.91. The summed E-state index contributed by atoms with van der Waals surface area (Å²) >= 11 is 0. The lowest BCUT2D eigenvalue weighted by Crippen LogP contribution is -2.14. The van der Waals surface area contributed by atoms with E-state index in [4.69, 9.17) is 9.26 Å². The second-order valence-electron chi connectivity index (χ2n) is 7.33. The molecular formula is C17H20N8O2. The number of hydrogen-bond donors (Lipinski definition) is 0. The van der Waals surface area contributed by atoms with E-state index in [1.165, 1.54) is 6.33 Å². The van der Waals surface area contributed by atoms with E-state index in [-0.39, 0.29) is 12.0 Å². The van der Waals surface area contributed by atoms with Crippen molar-refractivity contribution in [3.8, 4) is 17.4 Å². The van der Waals surface area contributed by atoms with Gasteiger partial charge in [-0.1, -0.05) is 25.9 Å². The van der Waals surface area contributed by atoms with Crippen LogP contribution in [0.3, 0.4) is 0 Å². The highest BCUT2D eigenvalue weighted by molar-refractivity contribution is 5.65. The fraction of sp³-hybridized carbons (Fsp3) is 0.412. The summed E-state index contributed by atoms with van der Waals surface area (Å²) in [4.78, 5) is 4.19. The minimum absolute atomic E-state index is 0.226. The number of ether oxygens (including phenoxy) is 1. The Hall–Kier alpha value is -3.30. The van der Waals surface area contributed by atoms with Gasteiger partial charge in [-0.25, -0.2) is 9.50 Å². The van der Waals surface area contributed by atoms with E-state index >= 15 is 0 Å². The number of rotatable bonds is 4. The number of nitrogens with zero attached hydrogens (tertiary/aromatic N) is 8. The summed E-state index contributed by atoms with van der Waals surface area (Å²) in [5, 5.41) is 21.1. The highest BCUT2D eigenvalue weighted by Crippen LogP contribution is 2.36. The van der Waals surface area contributed by atoms with Gasteiger partial charge in [-0.05, 0) is 12.3 Å². The zero-order valence-corrected chi connectivity index (χ0v) is 15.8. The Bertz CT molecular complexity index is 1100. The van der Waals surface area contributed by atoms with Crippen molar-refractivity contribution < 1.29 is 9.26 Å². The van der Waals surface area contributed by atoms with Gasteiger partial charge in [-0.15, -0.1) is 10.2 Å². The van der Waals surface area contributed by atoms with Gasteiger partial charge in [0.2, 0.25) is 11.7 Å². The van der Waals surface area contributed by atoms with Crippen molar-refractivity contribution >= 4 is 5.52 Å². The Morgan fingerprint density at radius 2 is 2.07 bits per heavy atom. The molecule has 4 heterocycles. The molecule has 0 aliphatic rings. The van der Waals surface area contributed by atoms with Gasteiger partial charge >= 0.3 is 0 Å². The topological polar surface area (TPSA) is 109 Å². The molecule has 0 N–H and O–H groups in total. The molecule has 0 aromatic carbocycles. The first-order chi connectivity index (χ1) is 12.9. The van der Waals surface area contributed by atoms with E-state index in [0.717, 1.165) is 16.6 Å². The normalized spacial score (nSPS) is 12.0. The van der Waals surface area contributed by atoms with E-state index in [2.05, 4.69) is 51.3 Å². The standard InChI is InChI=1S/C17H20N8O2/c1-10-7-27-23-14(10)15-21-19-6-11-13(17(2,3)4)16(22-25(11)15)26-8-12-18-9-20-24(12)5/h6-7,9H,8H2,1-5H3. The smallest absolute Gasteiger partial charge is 0.238 e. The molecule has 4 aromatic rings. The second kappa shape index (κ2) is 6.15. The van der Waals surface area contributed by atoms with Gasteiger partial charge in [0.25, 0.3) is 0 Å². The van der Waals surface area contributed by atoms with Gasteiger partial charge in [-0.3, -0.25) is 4.68 Å². The minimum Gasteiger partial charge on any atom is -0.468 e. The predicted octanol–water partition coefficient (Wildman–Crippen LogP) is 2.09. The summed E-state index contributed by atoms with van der Waals surface area (Å²) in [7, 11) is 1.82. The molecule has 0 unspecified atom stereocenters. The van der Waals surface area contributed by atoms with Crippen LogP contribution in [0.5, 0.6) is 5.88 Å². The Morgan fingerprint density at radius 1 is 1.26 bits per heavy atom. The Balaban J connectivity index is 1.85. The average Bonchev–Trinajstić information content (AvgIpc) is 3.29. The molecule has 27 heavy (non-hydrogen) atoms. The van der Waals surface area contributed by atoms with Crippen LogP contribution in [0.4, 0.5) is 0 Å². The maximum atomic E-state index is 6.02. The van der Waals surface area contributed by atoms with Gasteiger partial charge in [-0.2, -0.15) is 10.2 Å². The van der Waals surface area contributed by atoms with Crippen LogP contribution in [-0.2, 0) is 19.1 Å². The number of aromatic nitrogens is 8. The molecule has 10 heteroatoms. The van der Waals surface area contributed by atoms with E-state index in [9.17, 15) is 0 Å². The largest absolute Gasteiger partial charge is 0.468 e. The predicted molar refractivity (Wildman–Crippen MR) is 95.1 cm³/mol. The average molecular weight is 368 g/mol. The monoisotopic (exact) mass is 368 g/mol. The van der Waals surface area contributed by atoms with Crippen LogP contribution in [0.2, 0.25) is 0 Å². The molecule has 0 aliphatic heterocycles. The number of aryl methyl sites for hydroxylation is 2. The van der Waals surface area contributed by atoms with Crippen molar-refractivity contribution in [3.63, 3.8) is 0 Å². The quantitative estimate of drug-likeness (QED) is 0.539. The molecular weight excluding hydrogens is 348 g/mol. The van der Waals surface area contributed by atoms with Crippen molar-refractivity contribution in [1.29, 1.82) is 0 Å². The van der Waals surface area contributed by atoms with E-state index in [1.807, 2.05) is 14.0 Å². The van der Waals surface area contributed by atoms with Crippen molar-refractivity contribution in [2.45, 2.75) is 39.7 Å². The second-order valence-corrected chi connectivity index (χ2v) is 7.33. The maximum absolute atomic E-state index is 6.02. The highest BCUT2D eigenvalue weighted by atomic mass is 16.5. The molecule has 0 fully saturated rings. The molecule has 0 radical (unpaired) electrons. The molecule has 0 bridgehead atoms. The van der Waals surface area contributed by atoms with Crippen LogP contribution >= 0.6 is 0 Å². The molecule has 0 amide bonds. The molecule has 0 spiro atoms. The summed E-state index contributed by atoms with van der Waals surface area (Å²) in [6.07, 6.45) is 4.74. The van der Waals surface area contributed by atoms with E-state index < -0.39 is 0 Å². The zero-order valence-electron chi connectivity index (χ0n) is 15.8. The Morgan fingerprint density at radius 3 is 2.70 bits per heavy atom. The third-order valence-electron chi connectivity index (χ3n) is 4.27. The van der Waals surface area contributed by atoms with Crippen LogP contribution < -0.4 is 4.74 Å². The molecule has 0 aliphatic carbocycles. The van der Waals surface area contributed by atoms with Gasteiger partial charge in [0, 0.05) is 18.2 Å². The summed E-state index contributed by atoms with van der Waals surface area (Å²) in [5.41, 5.74) is 2.96. The Labute approximate surface area is 155 Å². The van der Waals surface area contributed by atoms with Gasteiger partial charge in [0.15, 0.2) is 11.5 Å². The van der Waals surface area contributed by atoms with Crippen molar-refractivity contribution in [1.82, 2.24) is 39.7 Å². The van der Waals surface area contributed by atoms with Crippen molar-refractivity contribution in [2.75, 3.05) is 0 Å². The Kier molecular flexibility index (Phi) is 3.90. The summed E-state index contributed by atoms with van der Waals surface area (Å²) in [6.45, 7) is 8.44. The molecule has 0 saturated carbocycles. The van der Waals surface area contributed by atoms with Gasteiger partial charge in [0.05, 0.1) is 11.7 Å². The zero-order chi connectivity index (χ0) is 19.2. The third-order valence-corrected chi connectivity index (χ3v) is 4.27. The highest BCUT2D eigenvalue weighted by Gasteiger charge is 2.28. The number of hydrogen-bond acceptors (Lipinski definition) is 8. The molecule has 4 rings (SSSR count). The molecule has 10 nitrogen and oxygen atoms in total. The first kappa shape index (κ1) is 17.1. The molecule has 4 aromatic heterocycles. The van der Waals surface area contributed by atoms with Gasteiger partial charge < -0.3 is 9.26 Å². The number of fused-ring (bicyclic) bond motifs is 1. The van der Waals surface area contributed by atoms with E-state index in [0.29, 0.717) is 23.2 Å². The summed E-state index contributed by atoms with van der Waals surface area (Å²) in [6, 6.07) is 0. The van der Waals surface area contributed by atoms with Crippen LogP contribution in [0.25, 0.3) is 17.0 Å². The lowest BCUT2D eigenvalue weighted by molar-refractivity contribution is 0.270. The first-order valence-electron chi connectivity index (χ1n) is 8.48. The summed E-state index contributed by atoms with van der Waals surface area (Å²) < 4.78 is 14.4. The minimum atomic E-state index is -0.226. The molecule has 0 atom stereocenters. The maximum Gasteiger partial charge on any atom is 0.238 e. The van der Waals surface area contributed by atoms with Crippen LogP contribution in [0.15, 0.2) is 23.3 Å². The first-order valence-corrected chi connectivity index (χ1v) is 8.48. The molecule has 140 valence electrons. The van der Waals surface area contributed by atoms with E-state index in [1.54, 1.807) is 21.7 Å². The van der Waals surface area contributed by atoms with Crippen LogP contribution in [0, 0.1) is 6.92 Å². The van der Waals surface area contributed by atoms with Gasteiger partial charge in [0.1, 0.15) is 19.2 Å². The lowest BCUT2D eigenvalue weighted by Gasteiger charge is -2.18. The third kappa shape index (κ3) is 2.92. The SMILES string of the molecule is Cc1conc1-c1nncc2c(C(C)(C)C)c(OCc3ncnn3C)nn12. The lowest BCUT2D eigenvalue weighted by atomic mass is 9.88. The van der Waals surface area contributed by atoms with Crippen LogP contribution in [-0.4, -0.2) is 39.7 Å². The van der Waals surface area contributed by atoms with Crippen molar-refractivity contribution in [3.05, 3.63) is 35.7 Å². The van der Waals surface area contributed by atoms with Crippen molar-refractivity contribution in [2.24, 2.45) is 7.05 Å². The van der Waals surface area contributed by atoms with Crippen LogP contribution in [0.1, 0.15) is 37.7 Å².